The van der Waals surface area contributed by atoms with E-state index in [1.807, 2.05) is 13.1 Å². The van der Waals surface area contributed by atoms with E-state index in [4.69, 9.17) is 0 Å². The Hall–Kier alpha value is -0.840. The van der Waals surface area contributed by atoms with Crippen molar-refractivity contribution in [3.8, 4) is 0 Å². The van der Waals surface area contributed by atoms with Crippen molar-refractivity contribution in [1.29, 1.82) is 0 Å². The van der Waals surface area contributed by atoms with Gasteiger partial charge in [0.15, 0.2) is 0 Å². The van der Waals surface area contributed by atoms with Crippen LogP contribution in [0.1, 0.15) is 26.7 Å². The molecule has 1 aromatic rings. The molecule has 0 amide bonds. The highest BCUT2D eigenvalue weighted by atomic mass is 32.2. The molecule has 0 radical (unpaired) electrons. The van der Waals surface area contributed by atoms with Crippen LogP contribution in [-0.2, 0) is 17.3 Å². The predicted molar refractivity (Wildman–Crippen MR) is 69.2 cm³/mol. The Labute approximate surface area is 99.9 Å². The molecule has 1 rings (SSSR count). The van der Waals surface area contributed by atoms with Crippen LogP contribution in [0.5, 0.6) is 0 Å². The zero-order valence-electron chi connectivity index (χ0n) is 10.3. The summed E-state index contributed by atoms with van der Waals surface area (Å²) in [7, 11) is -0.738. The van der Waals surface area contributed by atoms with E-state index in [1.54, 1.807) is 12.5 Å². The fourth-order valence-corrected chi connectivity index (χ4v) is 1.82. The molecular weight excluding hydrogens is 222 g/mol. The van der Waals surface area contributed by atoms with E-state index < -0.39 is 10.8 Å². The zero-order chi connectivity index (χ0) is 12.0. The Morgan fingerprint density at radius 2 is 2.38 bits per heavy atom. The molecule has 5 heteroatoms. The molecule has 1 aromatic heterocycles. The summed E-state index contributed by atoms with van der Waals surface area (Å²) in [5, 5.41) is 3.51. The summed E-state index contributed by atoms with van der Waals surface area (Å²) < 4.78 is 13.3. The second-order valence-corrected chi connectivity index (χ2v) is 5.77. The molecule has 1 heterocycles. The fourth-order valence-electron chi connectivity index (χ4n) is 1.38. The summed E-state index contributed by atoms with van der Waals surface area (Å²) in [6.07, 6.45) is 7.52. The summed E-state index contributed by atoms with van der Waals surface area (Å²) in [6.45, 7) is 5.95. The third-order valence-electron chi connectivity index (χ3n) is 2.59. The number of rotatable bonds is 7. The van der Waals surface area contributed by atoms with Crippen molar-refractivity contribution >= 4 is 16.7 Å². The second-order valence-electron chi connectivity index (χ2n) is 3.97. The molecule has 0 bridgehead atoms. The molecule has 0 aliphatic heterocycles. The summed E-state index contributed by atoms with van der Waals surface area (Å²) >= 11 is 0. The maximum atomic E-state index is 11.2. The molecule has 0 saturated carbocycles. The molecule has 0 spiro atoms. The third-order valence-corrected chi connectivity index (χ3v) is 3.96. The van der Waals surface area contributed by atoms with Gasteiger partial charge in [-0.1, -0.05) is 13.8 Å². The number of hydrogen-bond acceptors (Lipinski definition) is 3. The van der Waals surface area contributed by atoms with E-state index in [0.29, 0.717) is 0 Å². The van der Waals surface area contributed by atoms with Crippen LogP contribution in [-0.4, -0.2) is 31.8 Å². The number of nitrogens with zero attached hydrogens (tertiary/aromatic N) is 2. The first kappa shape index (κ1) is 13.2. The SMILES string of the molecule is CCCNc1nccn1CCC(C)S(C)=O. The number of aromatic nitrogens is 2. The molecule has 0 aromatic carbocycles. The number of aryl methyl sites for hydroxylation is 1. The van der Waals surface area contributed by atoms with Gasteiger partial charge in [-0.25, -0.2) is 4.98 Å². The first-order valence-corrected chi connectivity index (χ1v) is 7.34. The van der Waals surface area contributed by atoms with Gasteiger partial charge in [-0.2, -0.15) is 0 Å². The van der Waals surface area contributed by atoms with E-state index in [-0.39, 0.29) is 5.25 Å². The topological polar surface area (TPSA) is 46.9 Å². The fraction of sp³-hybridized carbons (Fsp3) is 0.727. The highest BCUT2D eigenvalue weighted by Crippen LogP contribution is 2.08. The van der Waals surface area contributed by atoms with E-state index in [9.17, 15) is 4.21 Å². The highest BCUT2D eigenvalue weighted by molar-refractivity contribution is 7.84. The maximum absolute atomic E-state index is 11.2. The maximum Gasteiger partial charge on any atom is 0.202 e. The minimum atomic E-state index is -0.738. The quantitative estimate of drug-likeness (QED) is 0.795. The van der Waals surface area contributed by atoms with Gasteiger partial charge < -0.3 is 9.88 Å². The summed E-state index contributed by atoms with van der Waals surface area (Å²) in [6, 6.07) is 0. The molecule has 16 heavy (non-hydrogen) atoms. The van der Waals surface area contributed by atoms with E-state index in [1.165, 1.54) is 0 Å². The molecule has 0 fully saturated rings. The van der Waals surface area contributed by atoms with Crippen LogP contribution >= 0.6 is 0 Å². The standard InChI is InChI=1S/C11H21N3OS/c1-4-6-12-11-13-7-9-14(11)8-5-10(2)16(3)15/h7,9-10H,4-6,8H2,1-3H3,(H,12,13). The Balaban J connectivity index is 2.47. The lowest BCUT2D eigenvalue weighted by Crippen LogP contribution is -2.14. The summed E-state index contributed by atoms with van der Waals surface area (Å²) in [5.74, 6) is 0.913. The lowest BCUT2D eigenvalue weighted by Gasteiger charge is -2.11. The zero-order valence-corrected chi connectivity index (χ0v) is 11.1. The van der Waals surface area contributed by atoms with Crippen LogP contribution in [0.2, 0.25) is 0 Å². The van der Waals surface area contributed by atoms with E-state index >= 15 is 0 Å². The van der Waals surface area contributed by atoms with Gasteiger partial charge in [0.1, 0.15) is 0 Å². The molecule has 92 valence electrons. The van der Waals surface area contributed by atoms with Gasteiger partial charge in [0, 0.05) is 47.8 Å². The van der Waals surface area contributed by atoms with Crippen LogP contribution in [0.3, 0.4) is 0 Å². The van der Waals surface area contributed by atoms with Crippen LogP contribution in [0.4, 0.5) is 5.95 Å². The average molecular weight is 243 g/mol. The Bertz CT molecular complexity index is 338. The van der Waals surface area contributed by atoms with Crippen LogP contribution in [0.25, 0.3) is 0 Å². The van der Waals surface area contributed by atoms with Gasteiger partial charge >= 0.3 is 0 Å². The van der Waals surface area contributed by atoms with Crippen LogP contribution in [0, 0.1) is 0 Å². The highest BCUT2D eigenvalue weighted by Gasteiger charge is 2.07. The van der Waals surface area contributed by atoms with Crippen molar-refractivity contribution < 1.29 is 4.21 Å². The van der Waals surface area contributed by atoms with Crippen molar-refractivity contribution in [3.05, 3.63) is 12.4 Å². The number of hydrogen-bond donors (Lipinski definition) is 1. The van der Waals surface area contributed by atoms with Gasteiger partial charge in [0.05, 0.1) is 0 Å². The minimum absolute atomic E-state index is 0.237. The molecular formula is C11H21N3OS. The molecule has 1 N–H and O–H groups in total. The van der Waals surface area contributed by atoms with Crippen LogP contribution in [0.15, 0.2) is 12.4 Å². The molecule has 2 atom stereocenters. The summed E-state index contributed by atoms with van der Waals surface area (Å²) in [5.41, 5.74) is 0. The molecule has 0 aliphatic carbocycles. The smallest absolute Gasteiger partial charge is 0.202 e. The van der Waals surface area contributed by atoms with Gasteiger partial charge in [-0.3, -0.25) is 4.21 Å². The van der Waals surface area contributed by atoms with Gasteiger partial charge in [0.2, 0.25) is 5.95 Å². The monoisotopic (exact) mass is 243 g/mol. The number of nitrogens with one attached hydrogen (secondary N) is 1. The van der Waals surface area contributed by atoms with Crippen molar-refractivity contribution in [3.63, 3.8) is 0 Å². The van der Waals surface area contributed by atoms with Crippen molar-refractivity contribution in [2.45, 2.75) is 38.5 Å². The number of anilines is 1. The first-order chi connectivity index (χ1) is 7.65. The normalized spacial score (nSPS) is 14.7. The van der Waals surface area contributed by atoms with Crippen molar-refractivity contribution in [1.82, 2.24) is 9.55 Å². The Morgan fingerprint density at radius 1 is 1.62 bits per heavy atom. The summed E-state index contributed by atoms with van der Waals surface area (Å²) in [4.78, 5) is 4.25. The minimum Gasteiger partial charge on any atom is -0.356 e. The van der Waals surface area contributed by atoms with E-state index in [2.05, 4.69) is 21.8 Å². The van der Waals surface area contributed by atoms with Crippen molar-refractivity contribution in [2.24, 2.45) is 0 Å². The van der Waals surface area contributed by atoms with E-state index in [0.717, 1.165) is 31.9 Å². The largest absolute Gasteiger partial charge is 0.356 e. The first-order valence-electron chi connectivity index (χ1n) is 5.72. The van der Waals surface area contributed by atoms with Gasteiger partial charge in [-0.15, -0.1) is 0 Å². The third kappa shape index (κ3) is 3.96. The lowest BCUT2D eigenvalue weighted by molar-refractivity contribution is 0.621. The Morgan fingerprint density at radius 3 is 3.00 bits per heavy atom. The number of imidazole rings is 1. The second kappa shape index (κ2) is 6.68. The molecule has 0 saturated heterocycles. The molecule has 4 nitrogen and oxygen atoms in total. The van der Waals surface area contributed by atoms with Gasteiger partial charge in [0.25, 0.3) is 0 Å². The molecule has 2 unspecified atom stereocenters. The van der Waals surface area contributed by atoms with Gasteiger partial charge in [-0.05, 0) is 12.8 Å². The van der Waals surface area contributed by atoms with Crippen LogP contribution < -0.4 is 5.32 Å². The lowest BCUT2D eigenvalue weighted by atomic mass is 10.3. The average Bonchev–Trinajstić information content (AvgIpc) is 2.70. The predicted octanol–water partition coefficient (Wildman–Crippen LogP) is 1.86. The Kier molecular flexibility index (Phi) is 5.52. The van der Waals surface area contributed by atoms with Crippen molar-refractivity contribution in [2.75, 3.05) is 18.1 Å². The molecule has 0 aliphatic rings.